The number of nitrogens with zero attached hydrogens (tertiary/aromatic N) is 2. The Morgan fingerprint density at radius 2 is 1.76 bits per heavy atom. The van der Waals surface area contributed by atoms with Gasteiger partial charge >= 0.3 is 0 Å². The molecule has 0 radical (unpaired) electrons. The summed E-state index contributed by atoms with van der Waals surface area (Å²) in [5.74, 6) is 0.236. The Balaban J connectivity index is 1.84. The normalized spacial score (nSPS) is 11.4. The number of nitriles is 1. The van der Waals surface area contributed by atoms with Gasteiger partial charge in [-0.25, -0.2) is 8.96 Å². The number of aryl methyl sites for hydroxylation is 2. The topological polar surface area (TPSA) is 40.8 Å². The Kier molecular flexibility index (Phi) is 5.42. The number of halogens is 1. The third-order valence-electron chi connectivity index (χ3n) is 6.38. The third kappa shape index (κ3) is 3.54. The van der Waals surface area contributed by atoms with Gasteiger partial charge in [-0.15, -0.1) is 0 Å². The number of rotatable bonds is 4. The second-order valence-corrected chi connectivity index (χ2v) is 9.32. The molecule has 168 valence electrons. The smallest absolute Gasteiger partial charge is 0.216 e. The molecule has 0 saturated carbocycles. The summed E-state index contributed by atoms with van der Waals surface area (Å²) in [4.78, 5) is 0. The van der Waals surface area contributed by atoms with Crippen LogP contribution in [0.4, 0.5) is 4.39 Å². The van der Waals surface area contributed by atoms with E-state index < -0.39 is 0 Å². The molecule has 0 amide bonds. The zero-order chi connectivity index (χ0) is 24.0. The van der Waals surface area contributed by atoms with Crippen molar-refractivity contribution in [1.29, 1.82) is 5.26 Å². The van der Waals surface area contributed by atoms with Crippen LogP contribution in [0.1, 0.15) is 30.5 Å². The zero-order valence-electron chi connectivity index (χ0n) is 19.8. The molecule has 0 N–H and O–H groups in total. The number of hydrogen-bond acceptors (Lipinski definition) is 2. The Morgan fingerprint density at radius 1 is 1.00 bits per heavy atom. The number of benzene rings is 3. The summed E-state index contributed by atoms with van der Waals surface area (Å²) in [6.45, 7) is 6.28. The molecule has 2 aromatic heterocycles. The minimum atomic E-state index is -0.323. The number of aromatic nitrogens is 1. The van der Waals surface area contributed by atoms with Crippen molar-refractivity contribution in [2.24, 2.45) is 13.0 Å². The van der Waals surface area contributed by atoms with E-state index in [0.717, 1.165) is 28.8 Å². The molecule has 0 spiro atoms. The molecule has 0 unspecified atom stereocenters. The highest BCUT2D eigenvalue weighted by molar-refractivity contribution is 6.14. The van der Waals surface area contributed by atoms with Crippen LogP contribution in [0.2, 0.25) is 0 Å². The van der Waals surface area contributed by atoms with Gasteiger partial charge in [0.2, 0.25) is 5.69 Å². The summed E-state index contributed by atoms with van der Waals surface area (Å²) in [5, 5.41) is 11.0. The Bertz CT molecular complexity index is 1590. The van der Waals surface area contributed by atoms with Crippen LogP contribution >= 0.6 is 0 Å². The molecular weight excluding hydrogens is 423 g/mol. The monoisotopic (exact) mass is 449 g/mol. The van der Waals surface area contributed by atoms with Gasteiger partial charge in [-0.05, 0) is 60.2 Å². The van der Waals surface area contributed by atoms with E-state index >= 15 is 4.39 Å². The van der Waals surface area contributed by atoms with Crippen LogP contribution in [0.25, 0.3) is 44.3 Å². The molecule has 5 aromatic rings. The van der Waals surface area contributed by atoms with Crippen LogP contribution < -0.4 is 4.57 Å². The lowest BCUT2D eigenvalue weighted by molar-refractivity contribution is -0.660. The number of fused-ring (bicyclic) bond motifs is 3. The Hall–Kier alpha value is -3.97. The zero-order valence-corrected chi connectivity index (χ0v) is 19.8. The van der Waals surface area contributed by atoms with E-state index in [1.54, 1.807) is 18.2 Å². The average molecular weight is 450 g/mol. The quantitative estimate of drug-likeness (QED) is 0.271. The lowest BCUT2D eigenvalue weighted by Crippen LogP contribution is -2.30. The van der Waals surface area contributed by atoms with Gasteiger partial charge in [-0.1, -0.05) is 38.1 Å². The standard InChI is InChI=1S/C30H26FN2O/c1-18(2)15-20-8-10-21(11-9-20)27-22(17-32)12-13-23-28-24(31)16-19(3)26(30(28)34-29(23)27)25-7-5-6-14-33(25)4/h5-14,16,18H,15H2,1-4H3/q+1. The van der Waals surface area contributed by atoms with Crippen LogP contribution in [-0.2, 0) is 13.5 Å². The first-order valence-corrected chi connectivity index (χ1v) is 11.5. The molecule has 0 aliphatic heterocycles. The van der Waals surface area contributed by atoms with Crippen molar-refractivity contribution >= 4 is 21.9 Å². The van der Waals surface area contributed by atoms with Crippen LogP contribution in [-0.4, -0.2) is 0 Å². The summed E-state index contributed by atoms with van der Waals surface area (Å²) in [5.41, 5.74) is 6.96. The van der Waals surface area contributed by atoms with Crippen molar-refractivity contribution in [3.8, 4) is 28.5 Å². The molecule has 0 saturated heterocycles. The fourth-order valence-corrected chi connectivity index (χ4v) is 4.85. The Labute approximate surface area is 198 Å². The number of pyridine rings is 1. The first-order valence-electron chi connectivity index (χ1n) is 11.5. The second-order valence-electron chi connectivity index (χ2n) is 9.32. The first-order chi connectivity index (χ1) is 16.4. The largest absolute Gasteiger partial charge is 0.454 e. The molecular formula is C30H26FN2O+. The van der Waals surface area contributed by atoms with Gasteiger partial charge in [0.05, 0.1) is 22.6 Å². The fraction of sp³-hybridized carbons (Fsp3) is 0.200. The third-order valence-corrected chi connectivity index (χ3v) is 6.38. The van der Waals surface area contributed by atoms with E-state index in [1.807, 2.05) is 55.1 Å². The van der Waals surface area contributed by atoms with Crippen molar-refractivity contribution in [3.05, 3.63) is 89.4 Å². The Morgan fingerprint density at radius 3 is 2.44 bits per heavy atom. The maximum Gasteiger partial charge on any atom is 0.216 e. The molecule has 4 heteroatoms. The molecule has 0 atom stereocenters. The summed E-state index contributed by atoms with van der Waals surface area (Å²) >= 11 is 0. The predicted octanol–water partition coefficient (Wildman–Crippen LogP) is 7.26. The van der Waals surface area contributed by atoms with Gasteiger partial charge in [-0.3, -0.25) is 0 Å². The van der Waals surface area contributed by atoms with Crippen molar-refractivity contribution in [1.82, 2.24) is 0 Å². The molecule has 0 aliphatic rings. The van der Waals surface area contributed by atoms with Crippen molar-refractivity contribution in [2.45, 2.75) is 27.2 Å². The second kappa shape index (κ2) is 8.43. The summed E-state index contributed by atoms with van der Waals surface area (Å²) in [6.07, 6.45) is 2.95. The van der Waals surface area contributed by atoms with Gasteiger partial charge < -0.3 is 4.42 Å². The van der Waals surface area contributed by atoms with Crippen LogP contribution in [0.3, 0.4) is 0 Å². The van der Waals surface area contributed by atoms with Crippen LogP contribution in [0, 0.1) is 30.0 Å². The average Bonchev–Trinajstić information content (AvgIpc) is 3.19. The summed E-state index contributed by atoms with van der Waals surface area (Å²) in [6, 6.07) is 21.6. The maximum atomic E-state index is 15.4. The highest BCUT2D eigenvalue weighted by atomic mass is 19.1. The molecule has 34 heavy (non-hydrogen) atoms. The summed E-state index contributed by atoms with van der Waals surface area (Å²) in [7, 11) is 1.96. The maximum absolute atomic E-state index is 15.4. The van der Waals surface area contributed by atoms with E-state index in [2.05, 4.69) is 32.0 Å². The van der Waals surface area contributed by atoms with Gasteiger partial charge in [0.1, 0.15) is 18.4 Å². The van der Waals surface area contributed by atoms with Crippen molar-refractivity contribution < 1.29 is 13.4 Å². The molecule has 2 heterocycles. The van der Waals surface area contributed by atoms with E-state index in [9.17, 15) is 5.26 Å². The molecule has 3 nitrogen and oxygen atoms in total. The van der Waals surface area contributed by atoms with Gasteiger partial charge in [-0.2, -0.15) is 5.26 Å². The van der Waals surface area contributed by atoms with E-state index in [1.165, 1.54) is 5.56 Å². The van der Waals surface area contributed by atoms with E-state index in [4.69, 9.17) is 4.42 Å². The lowest BCUT2D eigenvalue weighted by Gasteiger charge is -2.08. The van der Waals surface area contributed by atoms with Crippen LogP contribution in [0.5, 0.6) is 0 Å². The lowest BCUT2D eigenvalue weighted by atomic mass is 9.94. The van der Waals surface area contributed by atoms with E-state index in [0.29, 0.717) is 39.0 Å². The number of furan rings is 1. The molecule has 5 rings (SSSR count). The van der Waals surface area contributed by atoms with Gasteiger partial charge in [0.15, 0.2) is 11.8 Å². The number of hydrogen-bond donors (Lipinski definition) is 0. The molecule has 0 fully saturated rings. The minimum absolute atomic E-state index is 0.323. The predicted molar refractivity (Wildman–Crippen MR) is 134 cm³/mol. The van der Waals surface area contributed by atoms with Gasteiger partial charge in [0, 0.05) is 23.1 Å². The van der Waals surface area contributed by atoms with Crippen LogP contribution in [0.15, 0.2) is 71.3 Å². The summed E-state index contributed by atoms with van der Waals surface area (Å²) < 4.78 is 23.8. The minimum Gasteiger partial charge on any atom is -0.454 e. The van der Waals surface area contributed by atoms with Crippen molar-refractivity contribution in [2.75, 3.05) is 0 Å². The molecule has 3 aromatic carbocycles. The SMILES string of the molecule is Cc1cc(F)c2c(oc3c(-c4ccc(CC(C)C)cc4)c(C#N)ccc32)c1-c1cccc[n+]1C. The van der Waals surface area contributed by atoms with E-state index in [-0.39, 0.29) is 5.82 Å². The molecule has 0 bridgehead atoms. The highest BCUT2D eigenvalue weighted by Crippen LogP contribution is 2.43. The fourth-order valence-electron chi connectivity index (χ4n) is 4.85. The molecule has 0 aliphatic carbocycles. The van der Waals surface area contributed by atoms with Gasteiger partial charge in [0.25, 0.3) is 0 Å². The highest BCUT2D eigenvalue weighted by Gasteiger charge is 2.25. The van der Waals surface area contributed by atoms with Crippen molar-refractivity contribution in [3.63, 3.8) is 0 Å². The first kappa shape index (κ1) is 21.9.